The third kappa shape index (κ3) is 5.25. The maximum Gasteiger partial charge on any atom is 0.161 e. The van der Waals surface area contributed by atoms with E-state index >= 15 is 0 Å². The fourth-order valence-corrected chi connectivity index (χ4v) is 2.44. The summed E-state index contributed by atoms with van der Waals surface area (Å²) in [6, 6.07) is 22.0. The van der Waals surface area contributed by atoms with E-state index in [4.69, 9.17) is 18.9 Å². The van der Waals surface area contributed by atoms with Crippen LogP contribution in [0.2, 0.25) is 0 Å². The van der Waals surface area contributed by atoms with E-state index in [9.17, 15) is 4.79 Å². The molecule has 3 aromatic rings. The lowest BCUT2D eigenvalue weighted by molar-refractivity contribution is 0.112. The summed E-state index contributed by atoms with van der Waals surface area (Å²) >= 11 is 0. The Hall–Kier alpha value is -3.47. The van der Waals surface area contributed by atoms with Gasteiger partial charge in [-0.25, -0.2) is 0 Å². The molecule has 5 heteroatoms. The zero-order valence-electron chi connectivity index (χ0n) is 15.0. The van der Waals surface area contributed by atoms with Crippen LogP contribution in [0.4, 0.5) is 0 Å². The molecule has 0 radical (unpaired) electrons. The van der Waals surface area contributed by atoms with E-state index in [2.05, 4.69) is 0 Å². The Balaban J connectivity index is 1.52. The SMILES string of the molecule is COc1cc(C=O)ccc1OCCOc1cccc(Oc2ccccc2)c1. The lowest BCUT2D eigenvalue weighted by atomic mass is 10.2. The van der Waals surface area contributed by atoms with Crippen molar-refractivity contribution in [2.24, 2.45) is 0 Å². The molecule has 0 fully saturated rings. The van der Waals surface area contributed by atoms with Crippen molar-refractivity contribution < 1.29 is 23.7 Å². The van der Waals surface area contributed by atoms with E-state index in [-0.39, 0.29) is 0 Å². The number of carbonyl (C=O) groups excluding carboxylic acids is 1. The molecule has 0 aromatic heterocycles. The topological polar surface area (TPSA) is 54.0 Å². The van der Waals surface area contributed by atoms with Crippen molar-refractivity contribution in [2.45, 2.75) is 0 Å². The summed E-state index contributed by atoms with van der Waals surface area (Å²) in [5, 5.41) is 0. The maximum atomic E-state index is 10.8. The van der Waals surface area contributed by atoms with Gasteiger partial charge >= 0.3 is 0 Å². The van der Waals surface area contributed by atoms with Crippen LogP contribution in [-0.4, -0.2) is 26.6 Å². The highest BCUT2D eigenvalue weighted by Crippen LogP contribution is 2.28. The predicted molar refractivity (Wildman–Crippen MR) is 102 cm³/mol. The van der Waals surface area contributed by atoms with Gasteiger partial charge in [0.1, 0.15) is 36.7 Å². The first-order valence-electron chi connectivity index (χ1n) is 8.50. The summed E-state index contributed by atoms with van der Waals surface area (Å²) in [6.45, 7) is 0.688. The minimum atomic E-state index is 0.334. The van der Waals surface area contributed by atoms with Crippen molar-refractivity contribution in [1.82, 2.24) is 0 Å². The van der Waals surface area contributed by atoms with Crippen molar-refractivity contribution >= 4 is 6.29 Å². The van der Waals surface area contributed by atoms with E-state index < -0.39 is 0 Å². The fraction of sp³-hybridized carbons (Fsp3) is 0.136. The molecule has 0 saturated carbocycles. The first-order valence-corrected chi connectivity index (χ1v) is 8.50. The number of rotatable bonds is 9. The molecule has 0 N–H and O–H groups in total. The second kappa shape index (κ2) is 9.29. The first kappa shape index (κ1) is 18.3. The number of ether oxygens (including phenoxy) is 4. The van der Waals surface area contributed by atoms with Crippen LogP contribution in [-0.2, 0) is 0 Å². The highest BCUT2D eigenvalue weighted by Gasteiger charge is 2.06. The summed E-state index contributed by atoms with van der Waals surface area (Å²) in [7, 11) is 1.53. The second-order valence-corrected chi connectivity index (χ2v) is 5.62. The third-order valence-electron chi connectivity index (χ3n) is 3.72. The van der Waals surface area contributed by atoms with Crippen LogP contribution in [0, 0.1) is 0 Å². The molecule has 0 atom stereocenters. The molecule has 5 nitrogen and oxygen atoms in total. The number of hydrogen-bond acceptors (Lipinski definition) is 5. The van der Waals surface area contributed by atoms with Crippen molar-refractivity contribution in [1.29, 1.82) is 0 Å². The molecule has 0 spiro atoms. The Kier molecular flexibility index (Phi) is 6.30. The monoisotopic (exact) mass is 364 g/mol. The van der Waals surface area contributed by atoms with Crippen LogP contribution < -0.4 is 18.9 Å². The normalized spacial score (nSPS) is 10.1. The Morgan fingerprint density at radius 3 is 2.26 bits per heavy atom. The quantitative estimate of drug-likeness (QED) is 0.405. The van der Waals surface area contributed by atoms with Crippen LogP contribution in [0.1, 0.15) is 10.4 Å². The Morgan fingerprint density at radius 2 is 1.48 bits per heavy atom. The summed E-state index contributed by atoms with van der Waals surface area (Å²) in [5.41, 5.74) is 0.533. The van der Waals surface area contributed by atoms with Gasteiger partial charge in [-0.15, -0.1) is 0 Å². The standard InChI is InChI=1S/C22H20O5/c1-24-22-14-17(16-23)10-11-21(22)26-13-12-25-19-8-5-9-20(15-19)27-18-6-3-2-4-7-18/h2-11,14-16H,12-13H2,1H3. The highest BCUT2D eigenvalue weighted by atomic mass is 16.5. The maximum absolute atomic E-state index is 10.8. The van der Waals surface area contributed by atoms with Crippen LogP contribution in [0.5, 0.6) is 28.7 Å². The Bertz CT molecular complexity index is 877. The summed E-state index contributed by atoms with van der Waals surface area (Å²) in [6.07, 6.45) is 0.764. The summed E-state index contributed by atoms with van der Waals surface area (Å²) < 4.78 is 22.4. The zero-order chi connectivity index (χ0) is 18.9. The van der Waals surface area contributed by atoms with Gasteiger partial charge in [-0.1, -0.05) is 24.3 Å². The lowest BCUT2D eigenvalue weighted by Gasteiger charge is -2.12. The number of benzene rings is 3. The van der Waals surface area contributed by atoms with Crippen molar-refractivity contribution in [3.05, 3.63) is 78.4 Å². The molecular weight excluding hydrogens is 344 g/mol. The minimum Gasteiger partial charge on any atom is -0.493 e. The Morgan fingerprint density at radius 1 is 0.741 bits per heavy atom. The molecule has 0 unspecified atom stereocenters. The molecule has 0 aliphatic carbocycles. The minimum absolute atomic E-state index is 0.334. The molecule has 3 rings (SSSR count). The first-order chi connectivity index (χ1) is 13.3. The van der Waals surface area contributed by atoms with E-state index in [1.807, 2.05) is 54.6 Å². The summed E-state index contributed by atoms with van der Waals surface area (Å²) in [5.74, 6) is 3.23. The largest absolute Gasteiger partial charge is 0.493 e. The number of para-hydroxylation sites is 1. The number of aldehydes is 1. The van der Waals surface area contributed by atoms with Gasteiger partial charge in [0.15, 0.2) is 11.5 Å². The average molecular weight is 364 g/mol. The van der Waals surface area contributed by atoms with Gasteiger partial charge in [0.05, 0.1) is 7.11 Å². The molecular formula is C22H20O5. The van der Waals surface area contributed by atoms with Crippen molar-refractivity contribution in [3.8, 4) is 28.7 Å². The van der Waals surface area contributed by atoms with Gasteiger partial charge in [0.25, 0.3) is 0 Å². The molecule has 0 aliphatic heterocycles. The van der Waals surface area contributed by atoms with Crippen LogP contribution in [0.3, 0.4) is 0 Å². The molecule has 0 amide bonds. The van der Waals surface area contributed by atoms with Gasteiger partial charge in [-0.2, -0.15) is 0 Å². The molecule has 138 valence electrons. The van der Waals surface area contributed by atoms with E-state index in [1.54, 1.807) is 18.2 Å². The lowest BCUT2D eigenvalue weighted by Crippen LogP contribution is -2.09. The van der Waals surface area contributed by atoms with Crippen LogP contribution >= 0.6 is 0 Å². The summed E-state index contributed by atoms with van der Waals surface area (Å²) in [4.78, 5) is 10.8. The molecule has 27 heavy (non-hydrogen) atoms. The van der Waals surface area contributed by atoms with E-state index in [0.29, 0.717) is 41.8 Å². The average Bonchev–Trinajstić information content (AvgIpc) is 2.72. The smallest absolute Gasteiger partial charge is 0.161 e. The van der Waals surface area contributed by atoms with Gasteiger partial charge in [0.2, 0.25) is 0 Å². The van der Waals surface area contributed by atoms with Gasteiger partial charge in [-0.05, 0) is 42.5 Å². The second-order valence-electron chi connectivity index (χ2n) is 5.62. The van der Waals surface area contributed by atoms with Crippen molar-refractivity contribution in [3.63, 3.8) is 0 Å². The van der Waals surface area contributed by atoms with E-state index in [0.717, 1.165) is 12.0 Å². The Labute approximate surface area is 158 Å². The van der Waals surface area contributed by atoms with Gasteiger partial charge < -0.3 is 18.9 Å². The van der Waals surface area contributed by atoms with Crippen molar-refractivity contribution in [2.75, 3.05) is 20.3 Å². The van der Waals surface area contributed by atoms with E-state index in [1.165, 1.54) is 7.11 Å². The predicted octanol–water partition coefficient (Wildman–Crippen LogP) is 4.76. The molecule has 3 aromatic carbocycles. The number of methoxy groups -OCH3 is 1. The van der Waals surface area contributed by atoms with Crippen LogP contribution in [0.25, 0.3) is 0 Å². The van der Waals surface area contributed by atoms with Crippen LogP contribution in [0.15, 0.2) is 72.8 Å². The molecule has 0 bridgehead atoms. The zero-order valence-corrected chi connectivity index (χ0v) is 15.0. The molecule has 0 aliphatic rings. The molecule has 0 saturated heterocycles. The number of carbonyl (C=O) groups is 1. The number of hydrogen-bond donors (Lipinski definition) is 0. The van der Waals surface area contributed by atoms with Gasteiger partial charge in [0, 0.05) is 11.6 Å². The van der Waals surface area contributed by atoms with Gasteiger partial charge in [-0.3, -0.25) is 4.79 Å². The molecule has 0 heterocycles. The highest BCUT2D eigenvalue weighted by molar-refractivity contribution is 5.76. The third-order valence-corrected chi connectivity index (χ3v) is 3.72. The fourth-order valence-electron chi connectivity index (χ4n) is 2.44.